The van der Waals surface area contributed by atoms with Gasteiger partial charge in [-0.05, 0) is 35.4 Å². The van der Waals surface area contributed by atoms with Crippen molar-refractivity contribution < 1.29 is 4.74 Å². The Morgan fingerprint density at radius 2 is 1.80 bits per heavy atom. The molecule has 0 aliphatic rings. The Kier molecular flexibility index (Phi) is 6.25. The number of nitrogens with one attached hydrogen (secondary N) is 1. The van der Waals surface area contributed by atoms with Crippen molar-refractivity contribution in [1.82, 2.24) is 5.32 Å². The molecule has 0 saturated carbocycles. The number of rotatable bonds is 7. The maximum atomic E-state index is 5.83. The fourth-order valence-electron chi connectivity index (χ4n) is 2.04. The zero-order valence-corrected chi connectivity index (χ0v) is 13.3. The molecule has 0 bridgehead atoms. The number of benzene rings is 2. The van der Waals surface area contributed by atoms with E-state index in [0.717, 1.165) is 17.6 Å². The average molecular weight is 334 g/mol. The summed E-state index contributed by atoms with van der Waals surface area (Å²) in [6.45, 7) is 5.27. The molecule has 20 heavy (non-hydrogen) atoms. The third-order valence-corrected chi connectivity index (χ3v) is 3.59. The third-order valence-electron chi connectivity index (χ3n) is 3.10. The van der Waals surface area contributed by atoms with Crippen molar-refractivity contribution in [3.8, 4) is 0 Å². The first-order valence-corrected chi connectivity index (χ1v) is 7.68. The van der Waals surface area contributed by atoms with Gasteiger partial charge in [-0.1, -0.05) is 59.3 Å². The van der Waals surface area contributed by atoms with E-state index in [4.69, 9.17) is 4.74 Å². The monoisotopic (exact) mass is 333 g/mol. The predicted octanol–water partition coefficient (Wildman–Crippen LogP) is 4.28. The number of halogens is 1. The highest BCUT2D eigenvalue weighted by atomic mass is 79.9. The first-order valence-electron chi connectivity index (χ1n) is 6.89. The molecule has 0 spiro atoms. The summed E-state index contributed by atoms with van der Waals surface area (Å²) in [6.07, 6.45) is 0. The molecule has 106 valence electrons. The van der Waals surface area contributed by atoms with Gasteiger partial charge in [-0.15, -0.1) is 0 Å². The molecule has 1 N–H and O–H groups in total. The van der Waals surface area contributed by atoms with E-state index in [1.165, 1.54) is 16.7 Å². The lowest BCUT2D eigenvalue weighted by Crippen LogP contribution is -2.13. The van der Waals surface area contributed by atoms with Gasteiger partial charge in [0, 0.05) is 11.0 Å². The molecule has 3 heteroatoms. The highest BCUT2D eigenvalue weighted by molar-refractivity contribution is 9.10. The summed E-state index contributed by atoms with van der Waals surface area (Å²) in [5, 5.41) is 3.36. The second-order valence-corrected chi connectivity index (χ2v) is 5.59. The summed E-state index contributed by atoms with van der Waals surface area (Å²) in [7, 11) is 0. The van der Waals surface area contributed by atoms with Crippen LogP contribution < -0.4 is 5.32 Å². The number of hydrogen-bond acceptors (Lipinski definition) is 2. The van der Waals surface area contributed by atoms with E-state index in [2.05, 4.69) is 64.6 Å². The third kappa shape index (κ3) is 4.75. The van der Waals surface area contributed by atoms with Crippen molar-refractivity contribution in [2.45, 2.75) is 26.7 Å². The van der Waals surface area contributed by atoms with Crippen molar-refractivity contribution in [2.75, 3.05) is 6.54 Å². The Balaban J connectivity index is 1.90. The van der Waals surface area contributed by atoms with Crippen LogP contribution in [0.1, 0.15) is 23.6 Å². The van der Waals surface area contributed by atoms with Gasteiger partial charge in [-0.2, -0.15) is 0 Å². The molecular weight excluding hydrogens is 314 g/mol. The van der Waals surface area contributed by atoms with Crippen LogP contribution in [0.25, 0.3) is 0 Å². The van der Waals surface area contributed by atoms with Crippen LogP contribution in [0.3, 0.4) is 0 Å². The van der Waals surface area contributed by atoms with Crippen molar-refractivity contribution >= 4 is 15.9 Å². The summed E-state index contributed by atoms with van der Waals surface area (Å²) in [4.78, 5) is 0. The normalized spacial score (nSPS) is 10.7. The SMILES string of the molecule is CCNCc1ccccc1COCc1cccc(Br)c1. The Hall–Kier alpha value is -1.16. The van der Waals surface area contributed by atoms with E-state index in [1.54, 1.807) is 0 Å². The number of hydrogen-bond donors (Lipinski definition) is 1. The summed E-state index contributed by atoms with van der Waals surface area (Å²) in [6, 6.07) is 16.6. The molecule has 0 atom stereocenters. The molecule has 0 unspecified atom stereocenters. The van der Waals surface area contributed by atoms with Crippen molar-refractivity contribution in [3.63, 3.8) is 0 Å². The molecule has 2 rings (SSSR count). The molecule has 0 saturated heterocycles. The smallest absolute Gasteiger partial charge is 0.0724 e. The van der Waals surface area contributed by atoms with Gasteiger partial charge in [0.05, 0.1) is 13.2 Å². The van der Waals surface area contributed by atoms with Crippen LogP contribution >= 0.6 is 15.9 Å². The zero-order chi connectivity index (χ0) is 14.2. The van der Waals surface area contributed by atoms with Gasteiger partial charge in [0.1, 0.15) is 0 Å². The minimum atomic E-state index is 0.634. The van der Waals surface area contributed by atoms with E-state index < -0.39 is 0 Å². The lowest BCUT2D eigenvalue weighted by molar-refractivity contribution is 0.106. The van der Waals surface area contributed by atoms with Crippen molar-refractivity contribution in [1.29, 1.82) is 0 Å². The van der Waals surface area contributed by atoms with E-state index in [-0.39, 0.29) is 0 Å². The first-order chi connectivity index (χ1) is 9.79. The van der Waals surface area contributed by atoms with Gasteiger partial charge < -0.3 is 10.1 Å². The Morgan fingerprint density at radius 1 is 1.00 bits per heavy atom. The molecule has 0 heterocycles. The van der Waals surface area contributed by atoms with Gasteiger partial charge in [0.25, 0.3) is 0 Å². The Bertz CT molecular complexity index is 542. The van der Waals surface area contributed by atoms with Gasteiger partial charge in [0.2, 0.25) is 0 Å². The van der Waals surface area contributed by atoms with Crippen molar-refractivity contribution in [3.05, 3.63) is 69.7 Å². The molecule has 0 aromatic heterocycles. The van der Waals surface area contributed by atoms with Crippen LogP contribution in [0.4, 0.5) is 0 Å². The van der Waals surface area contributed by atoms with Crippen LogP contribution in [-0.4, -0.2) is 6.54 Å². The van der Waals surface area contributed by atoms with Crippen molar-refractivity contribution in [2.24, 2.45) is 0 Å². The highest BCUT2D eigenvalue weighted by Gasteiger charge is 2.02. The van der Waals surface area contributed by atoms with E-state index in [9.17, 15) is 0 Å². The van der Waals surface area contributed by atoms with Gasteiger partial charge in [0.15, 0.2) is 0 Å². The van der Waals surface area contributed by atoms with Gasteiger partial charge in [-0.3, -0.25) is 0 Å². The minimum absolute atomic E-state index is 0.634. The summed E-state index contributed by atoms with van der Waals surface area (Å²) >= 11 is 3.48. The minimum Gasteiger partial charge on any atom is -0.372 e. The van der Waals surface area contributed by atoms with Crippen LogP contribution in [0.2, 0.25) is 0 Å². The molecule has 2 aromatic carbocycles. The largest absolute Gasteiger partial charge is 0.372 e. The summed E-state index contributed by atoms with van der Waals surface area (Å²) in [5.41, 5.74) is 3.75. The van der Waals surface area contributed by atoms with Crippen LogP contribution in [-0.2, 0) is 24.5 Å². The highest BCUT2D eigenvalue weighted by Crippen LogP contribution is 2.14. The second-order valence-electron chi connectivity index (χ2n) is 4.67. The van der Waals surface area contributed by atoms with Gasteiger partial charge >= 0.3 is 0 Å². The average Bonchev–Trinajstić information content (AvgIpc) is 2.46. The summed E-state index contributed by atoms with van der Waals surface area (Å²) in [5.74, 6) is 0. The molecule has 2 aromatic rings. The molecule has 0 amide bonds. The molecule has 0 fully saturated rings. The van der Waals surface area contributed by atoms with Crippen LogP contribution in [0.5, 0.6) is 0 Å². The second kappa shape index (κ2) is 8.20. The molecule has 0 aliphatic carbocycles. The van der Waals surface area contributed by atoms with Crippen LogP contribution in [0, 0.1) is 0 Å². The summed E-state index contributed by atoms with van der Waals surface area (Å²) < 4.78 is 6.92. The fraction of sp³-hybridized carbons (Fsp3) is 0.294. The molecule has 0 aliphatic heterocycles. The molecular formula is C17H20BrNO. The maximum Gasteiger partial charge on any atom is 0.0724 e. The fourth-order valence-corrected chi connectivity index (χ4v) is 2.48. The van der Waals surface area contributed by atoms with E-state index in [0.29, 0.717) is 13.2 Å². The number of ether oxygens (including phenoxy) is 1. The van der Waals surface area contributed by atoms with E-state index in [1.807, 2.05) is 12.1 Å². The topological polar surface area (TPSA) is 21.3 Å². The Morgan fingerprint density at radius 3 is 2.55 bits per heavy atom. The van der Waals surface area contributed by atoms with Gasteiger partial charge in [-0.25, -0.2) is 0 Å². The standard InChI is InChI=1S/C17H20BrNO/c1-2-19-11-15-7-3-4-8-16(15)13-20-12-14-6-5-9-17(18)10-14/h3-10,19H,2,11-13H2,1H3. The lowest BCUT2D eigenvalue weighted by Gasteiger charge is -2.10. The van der Waals surface area contributed by atoms with Crippen LogP contribution in [0.15, 0.2) is 53.0 Å². The van der Waals surface area contributed by atoms with E-state index >= 15 is 0 Å². The zero-order valence-electron chi connectivity index (χ0n) is 11.7. The first kappa shape index (κ1) is 15.2. The molecule has 0 radical (unpaired) electrons. The molecule has 2 nitrogen and oxygen atoms in total. The quantitative estimate of drug-likeness (QED) is 0.816. The maximum absolute atomic E-state index is 5.83. The Labute approximate surface area is 129 Å². The predicted molar refractivity (Wildman–Crippen MR) is 86.5 cm³/mol. The lowest BCUT2D eigenvalue weighted by atomic mass is 10.1.